The minimum atomic E-state index is -0.460. The summed E-state index contributed by atoms with van der Waals surface area (Å²) in [7, 11) is 1.66. The average Bonchev–Trinajstić information content (AvgIpc) is 3.69. The number of nitrogens with zero attached hydrogens (tertiary/aromatic N) is 4. The molecule has 1 atom stereocenters. The molecule has 0 bridgehead atoms. The molecule has 1 N–H and O–H groups in total. The van der Waals surface area contributed by atoms with Gasteiger partial charge < -0.3 is 24.0 Å². The Morgan fingerprint density at radius 3 is 2.58 bits per heavy atom. The van der Waals surface area contributed by atoms with Gasteiger partial charge in [-0.1, -0.05) is 41.6 Å². The number of aromatic nitrogens is 3. The molecule has 2 amide bonds. The van der Waals surface area contributed by atoms with Crippen LogP contribution in [0.1, 0.15) is 35.4 Å². The molecule has 1 aliphatic heterocycles. The van der Waals surface area contributed by atoms with Crippen molar-refractivity contribution in [2.45, 2.75) is 45.3 Å². The van der Waals surface area contributed by atoms with Crippen molar-refractivity contribution < 1.29 is 18.8 Å². The number of benzene rings is 2. The molecular weight excluding hydrogens is 482 g/mol. The van der Waals surface area contributed by atoms with E-state index in [-0.39, 0.29) is 18.2 Å². The van der Waals surface area contributed by atoms with Gasteiger partial charge in [-0.3, -0.25) is 9.59 Å². The highest BCUT2D eigenvalue weighted by Crippen LogP contribution is 2.22. The number of methoxy groups -OCH3 is 1. The fraction of sp³-hybridized carbons (Fsp3) is 0.310. The van der Waals surface area contributed by atoms with E-state index < -0.39 is 6.04 Å². The summed E-state index contributed by atoms with van der Waals surface area (Å²) in [5, 5.41) is 6.84. The smallest absolute Gasteiger partial charge is 0.243 e. The fourth-order valence-electron chi connectivity index (χ4n) is 4.80. The topological polar surface area (TPSA) is 102 Å². The normalized spacial score (nSPS) is 15.0. The first kappa shape index (κ1) is 25.3. The van der Waals surface area contributed by atoms with Crippen LogP contribution in [0.3, 0.4) is 0 Å². The van der Waals surface area contributed by atoms with Gasteiger partial charge in [0.1, 0.15) is 17.6 Å². The highest BCUT2D eigenvalue weighted by molar-refractivity contribution is 5.88. The van der Waals surface area contributed by atoms with Crippen LogP contribution in [0.4, 0.5) is 0 Å². The van der Waals surface area contributed by atoms with Crippen LogP contribution in [0.5, 0.6) is 5.75 Å². The third-order valence-electron chi connectivity index (χ3n) is 6.82. The van der Waals surface area contributed by atoms with Gasteiger partial charge in [0, 0.05) is 25.7 Å². The molecule has 196 valence electrons. The Bertz CT molecular complexity index is 1390. The van der Waals surface area contributed by atoms with Crippen LogP contribution >= 0.6 is 0 Å². The largest absolute Gasteiger partial charge is 0.497 e. The molecular formula is C29H31N5O4. The van der Waals surface area contributed by atoms with E-state index in [0.717, 1.165) is 40.2 Å². The number of carbonyl (C=O) groups excluding carboxylic acids is 2. The van der Waals surface area contributed by atoms with Crippen molar-refractivity contribution in [3.05, 3.63) is 89.7 Å². The van der Waals surface area contributed by atoms with E-state index in [0.29, 0.717) is 31.8 Å². The van der Waals surface area contributed by atoms with E-state index in [1.54, 1.807) is 18.1 Å². The standard InChI is InChI=1S/C29H31N5O4/c1-20-14-25(38-32-20)15-28(35)34-13-3-4-26(34)29(36)31-16-21-5-9-23(10-6-21)27-17-30-19-33(27)18-22-7-11-24(37-2)12-8-22/h5-12,14,17,19,26H,3-4,13,15-16,18H2,1-2H3,(H,31,36)/t26-/m0/s1. The van der Waals surface area contributed by atoms with E-state index in [1.165, 1.54) is 0 Å². The van der Waals surface area contributed by atoms with Gasteiger partial charge in [-0.05, 0) is 48.6 Å². The van der Waals surface area contributed by atoms with Crippen molar-refractivity contribution in [1.82, 2.24) is 24.9 Å². The molecule has 1 fully saturated rings. The van der Waals surface area contributed by atoms with Crippen LogP contribution in [-0.4, -0.2) is 51.1 Å². The average molecular weight is 514 g/mol. The lowest BCUT2D eigenvalue weighted by molar-refractivity contribution is -0.138. The summed E-state index contributed by atoms with van der Waals surface area (Å²) in [6.45, 7) is 3.48. The Kier molecular flexibility index (Phi) is 7.53. The summed E-state index contributed by atoms with van der Waals surface area (Å²) in [4.78, 5) is 31.7. The summed E-state index contributed by atoms with van der Waals surface area (Å²) in [6.07, 6.45) is 5.25. The number of amides is 2. The second-order valence-corrected chi connectivity index (χ2v) is 9.53. The minimum absolute atomic E-state index is 0.112. The van der Waals surface area contributed by atoms with Crippen molar-refractivity contribution >= 4 is 11.8 Å². The molecule has 0 unspecified atom stereocenters. The molecule has 2 aromatic carbocycles. The molecule has 9 heteroatoms. The summed E-state index contributed by atoms with van der Waals surface area (Å²) in [6, 6.07) is 17.4. The maximum atomic E-state index is 12.9. The van der Waals surface area contributed by atoms with E-state index in [4.69, 9.17) is 9.26 Å². The Morgan fingerprint density at radius 2 is 1.87 bits per heavy atom. The molecule has 0 saturated carbocycles. The van der Waals surface area contributed by atoms with E-state index in [1.807, 2.05) is 68.0 Å². The minimum Gasteiger partial charge on any atom is -0.497 e. The number of nitrogens with one attached hydrogen (secondary N) is 1. The second kappa shape index (κ2) is 11.3. The first-order chi connectivity index (χ1) is 18.5. The zero-order valence-electron chi connectivity index (χ0n) is 21.6. The van der Waals surface area contributed by atoms with Crippen molar-refractivity contribution in [2.24, 2.45) is 0 Å². The molecule has 1 saturated heterocycles. The van der Waals surface area contributed by atoms with Crippen LogP contribution in [0.2, 0.25) is 0 Å². The number of aryl methyl sites for hydroxylation is 1. The first-order valence-corrected chi connectivity index (χ1v) is 12.7. The monoisotopic (exact) mass is 513 g/mol. The van der Waals surface area contributed by atoms with E-state index in [2.05, 4.69) is 20.0 Å². The molecule has 38 heavy (non-hydrogen) atoms. The summed E-state index contributed by atoms with van der Waals surface area (Å²) in [5.74, 6) is 1.10. The first-order valence-electron chi connectivity index (χ1n) is 12.7. The zero-order chi connectivity index (χ0) is 26.5. The second-order valence-electron chi connectivity index (χ2n) is 9.53. The maximum Gasteiger partial charge on any atom is 0.243 e. The lowest BCUT2D eigenvalue weighted by Gasteiger charge is -2.23. The Hall–Kier alpha value is -4.40. The molecule has 2 aromatic heterocycles. The van der Waals surface area contributed by atoms with Crippen molar-refractivity contribution in [1.29, 1.82) is 0 Å². The van der Waals surface area contributed by atoms with E-state index >= 15 is 0 Å². The molecule has 0 spiro atoms. The third-order valence-corrected chi connectivity index (χ3v) is 6.82. The van der Waals surface area contributed by atoms with Crippen molar-refractivity contribution in [3.63, 3.8) is 0 Å². The van der Waals surface area contributed by atoms with Crippen LogP contribution in [-0.2, 0) is 29.1 Å². The summed E-state index contributed by atoms with van der Waals surface area (Å²) in [5.41, 5.74) is 4.92. The number of likely N-dealkylation sites (tertiary alicyclic amines) is 1. The van der Waals surface area contributed by atoms with Gasteiger partial charge in [-0.15, -0.1) is 0 Å². The van der Waals surface area contributed by atoms with Gasteiger partial charge in [0.15, 0.2) is 0 Å². The SMILES string of the molecule is COc1ccc(Cn2cncc2-c2ccc(CNC(=O)[C@@H]3CCCN3C(=O)Cc3cc(C)no3)cc2)cc1. The van der Waals surface area contributed by atoms with Gasteiger partial charge in [-0.2, -0.15) is 0 Å². The molecule has 4 aromatic rings. The Balaban J connectivity index is 1.17. The number of rotatable bonds is 9. The third kappa shape index (κ3) is 5.77. The number of ether oxygens (including phenoxy) is 1. The summed E-state index contributed by atoms with van der Waals surface area (Å²) >= 11 is 0. The number of imidazole rings is 1. The van der Waals surface area contributed by atoms with Gasteiger partial charge >= 0.3 is 0 Å². The van der Waals surface area contributed by atoms with Gasteiger partial charge in [-0.25, -0.2) is 4.98 Å². The van der Waals surface area contributed by atoms with Crippen LogP contribution in [0, 0.1) is 6.92 Å². The Morgan fingerprint density at radius 1 is 1.11 bits per heavy atom. The van der Waals surface area contributed by atoms with Crippen LogP contribution < -0.4 is 10.1 Å². The van der Waals surface area contributed by atoms with Gasteiger partial charge in [0.05, 0.1) is 37.4 Å². The highest BCUT2D eigenvalue weighted by atomic mass is 16.5. The predicted molar refractivity (Wildman–Crippen MR) is 141 cm³/mol. The molecule has 0 aliphatic carbocycles. The highest BCUT2D eigenvalue weighted by Gasteiger charge is 2.34. The molecule has 3 heterocycles. The van der Waals surface area contributed by atoms with Crippen LogP contribution in [0.15, 0.2) is 71.6 Å². The van der Waals surface area contributed by atoms with Gasteiger partial charge in [0.2, 0.25) is 11.8 Å². The number of carbonyl (C=O) groups is 2. The quantitative estimate of drug-likeness (QED) is 0.366. The molecule has 9 nitrogen and oxygen atoms in total. The summed E-state index contributed by atoms with van der Waals surface area (Å²) < 4.78 is 12.5. The number of hydrogen-bond donors (Lipinski definition) is 1. The molecule has 0 radical (unpaired) electrons. The Labute approximate surface area is 221 Å². The lowest BCUT2D eigenvalue weighted by Crippen LogP contribution is -2.46. The molecule has 5 rings (SSSR count). The predicted octanol–water partition coefficient (Wildman–Crippen LogP) is 3.75. The zero-order valence-corrected chi connectivity index (χ0v) is 21.6. The van der Waals surface area contributed by atoms with Crippen LogP contribution in [0.25, 0.3) is 11.3 Å². The molecule has 1 aliphatic rings. The number of hydrogen-bond acceptors (Lipinski definition) is 6. The maximum absolute atomic E-state index is 12.9. The van der Waals surface area contributed by atoms with Crippen molar-refractivity contribution in [3.8, 4) is 17.0 Å². The van der Waals surface area contributed by atoms with E-state index in [9.17, 15) is 9.59 Å². The fourth-order valence-corrected chi connectivity index (χ4v) is 4.80. The van der Waals surface area contributed by atoms with Gasteiger partial charge in [0.25, 0.3) is 0 Å². The van der Waals surface area contributed by atoms with Crippen molar-refractivity contribution in [2.75, 3.05) is 13.7 Å². The lowest BCUT2D eigenvalue weighted by atomic mass is 10.1.